The number of rotatable bonds is 4. The first kappa shape index (κ1) is 18.6. The number of halogens is 2. The second-order valence-corrected chi connectivity index (χ2v) is 6.56. The Balaban J connectivity index is 1.54. The molecule has 144 valence electrons. The average Bonchev–Trinajstić information content (AvgIpc) is 2.71. The van der Waals surface area contributed by atoms with Gasteiger partial charge in [0, 0.05) is 22.4 Å². The normalized spacial score (nSPS) is 10.6. The van der Waals surface area contributed by atoms with E-state index in [-0.39, 0.29) is 11.1 Å². The summed E-state index contributed by atoms with van der Waals surface area (Å²) in [6, 6.07) is 18.4. The molecule has 8 heteroatoms. The van der Waals surface area contributed by atoms with Gasteiger partial charge in [0.2, 0.25) is 0 Å². The van der Waals surface area contributed by atoms with Crippen molar-refractivity contribution in [3.8, 4) is 0 Å². The lowest BCUT2D eigenvalue weighted by molar-refractivity contribution is 0.262. The molecule has 0 bridgehead atoms. The maximum Gasteiger partial charge on any atom is 0.323 e. The third kappa shape index (κ3) is 4.41. The summed E-state index contributed by atoms with van der Waals surface area (Å²) in [5, 5.41) is 9.39. The molecule has 0 unspecified atom stereocenters. The number of amides is 2. The van der Waals surface area contributed by atoms with Gasteiger partial charge in [-0.2, -0.15) is 0 Å². The van der Waals surface area contributed by atoms with Crippen LogP contribution in [0.3, 0.4) is 0 Å². The van der Waals surface area contributed by atoms with E-state index in [4.69, 9.17) is 11.6 Å². The monoisotopic (exact) mass is 407 g/mol. The van der Waals surface area contributed by atoms with Crippen LogP contribution in [0.25, 0.3) is 10.9 Å². The first-order valence-electron chi connectivity index (χ1n) is 8.68. The molecule has 3 N–H and O–H groups in total. The van der Waals surface area contributed by atoms with Gasteiger partial charge in [-0.1, -0.05) is 29.8 Å². The van der Waals surface area contributed by atoms with Crippen molar-refractivity contribution in [2.45, 2.75) is 0 Å². The molecule has 4 aromatic rings. The summed E-state index contributed by atoms with van der Waals surface area (Å²) in [5.74, 6) is 0.0484. The zero-order chi connectivity index (χ0) is 20.2. The second kappa shape index (κ2) is 8.12. The lowest BCUT2D eigenvalue weighted by atomic mass is 10.2. The van der Waals surface area contributed by atoms with E-state index >= 15 is 0 Å². The fourth-order valence-electron chi connectivity index (χ4n) is 2.76. The first-order valence-corrected chi connectivity index (χ1v) is 9.06. The molecule has 0 aliphatic carbocycles. The third-order valence-electron chi connectivity index (χ3n) is 4.11. The number of fused-ring (bicyclic) bond motifs is 1. The van der Waals surface area contributed by atoms with Crippen LogP contribution in [0.4, 0.5) is 32.1 Å². The van der Waals surface area contributed by atoms with Crippen molar-refractivity contribution in [3.05, 3.63) is 83.9 Å². The van der Waals surface area contributed by atoms with Crippen molar-refractivity contribution in [3.63, 3.8) is 0 Å². The molecule has 3 aromatic carbocycles. The van der Waals surface area contributed by atoms with Gasteiger partial charge in [-0.3, -0.25) is 0 Å². The quantitative estimate of drug-likeness (QED) is 0.399. The summed E-state index contributed by atoms with van der Waals surface area (Å²) < 4.78 is 13.4. The van der Waals surface area contributed by atoms with E-state index < -0.39 is 5.82 Å². The van der Waals surface area contributed by atoms with Crippen molar-refractivity contribution >= 4 is 51.4 Å². The second-order valence-electron chi connectivity index (χ2n) is 6.15. The van der Waals surface area contributed by atoms with Gasteiger partial charge in [-0.05, 0) is 48.5 Å². The van der Waals surface area contributed by atoms with Gasteiger partial charge in [-0.25, -0.2) is 19.2 Å². The topological polar surface area (TPSA) is 78.9 Å². The van der Waals surface area contributed by atoms with Crippen molar-refractivity contribution in [2.24, 2.45) is 0 Å². The molecule has 0 aliphatic rings. The Labute approximate surface area is 170 Å². The minimum absolute atomic E-state index is 0.0178. The number of carbonyl (C=O) groups excluding carboxylic acids is 1. The summed E-state index contributed by atoms with van der Waals surface area (Å²) in [6.07, 6.45) is 1.41. The van der Waals surface area contributed by atoms with Gasteiger partial charge in [-0.15, -0.1) is 0 Å². The van der Waals surface area contributed by atoms with E-state index in [1.807, 2.05) is 18.2 Å². The summed E-state index contributed by atoms with van der Waals surface area (Å²) in [7, 11) is 0. The fourth-order valence-corrected chi connectivity index (χ4v) is 2.94. The average molecular weight is 408 g/mol. The van der Waals surface area contributed by atoms with Crippen LogP contribution < -0.4 is 16.0 Å². The molecule has 0 saturated heterocycles. The number of nitrogens with one attached hydrogen (secondary N) is 3. The molecule has 2 amide bonds. The van der Waals surface area contributed by atoms with Crippen LogP contribution in [0.5, 0.6) is 0 Å². The van der Waals surface area contributed by atoms with Crippen molar-refractivity contribution in [1.29, 1.82) is 0 Å². The van der Waals surface area contributed by atoms with Crippen molar-refractivity contribution in [1.82, 2.24) is 9.97 Å². The van der Waals surface area contributed by atoms with E-state index in [0.29, 0.717) is 28.4 Å². The summed E-state index contributed by atoms with van der Waals surface area (Å²) in [6.45, 7) is 0. The van der Waals surface area contributed by atoms with Gasteiger partial charge in [0.15, 0.2) is 0 Å². The van der Waals surface area contributed by atoms with Gasteiger partial charge in [0.1, 0.15) is 18.0 Å². The number of para-hydroxylation sites is 1. The van der Waals surface area contributed by atoms with Crippen LogP contribution in [0.1, 0.15) is 0 Å². The Morgan fingerprint density at radius 1 is 0.862 bits per heavy atom. The third-order valence-corrected chi connectivity index (χ3v) is 4.40. The van der Waals surface area contributed by atoms with Crippen LogP contribution in [-0.4, -0.2) is 16.0 Å². The van der Waals surface area contributed by atoms with Crippen LogP contribution in [-0.2, 0) is 0 Å². The Morgan fingerprint density at radius 3 is 2.41 bits per heavy atom. The molecule has 0 aliphatic heterocycles. The number of hydrogen-bond acceptors (Lipinski definition) is 4. The Hall–Kier alpha value is -3.71. The van der Waals surface area contributed by atoms with Crippen LogP contribution in [0.2, 0.25) is 5.02 Å². The maximum atomic E-state index is 13.4. The van der Waals surface area contributed by atoms with Gasteiger partial charge >= 0.3 is 6.03 Å². The number of benzene rings is 3. The van der Waals surface area contributed by atoms with E-state index in [1.165, 1.54) is 18.5 Å². The predicted octanol–water partition coefficient (Wildman–Crippen LogP) is 5.81. The molecule has 4 rings (SSSR count). The van der Waals surface area contributed by atoms with Crippen LogP contribution >= 0.6 is 11.6 Å². The molecule has 0 fully saturated rings. The number of anilines is 4. The van der Waals surface area contributed by atoms with Gasteiger partial charge in [0.25, 0.3) is 0 Å². The number of hydrogen-bond donors (Lipinski definition) is 3. The molecule has 1 aromatic heterocycles. The smallest absolute Gasteiger partial charge is 0.323 e. The summed E-state index contributed by atoms with van der Waals surface area (Å²) in [5.41, 5.74) is 2.51. The van der Waals surface area contributed by atoms with Crippen molar-refractivity contribution in [2.75, 3.05) is 16.0 Å². The largest absolute Gasteiger partial charge is 0.340 e. The molecule has 0 saturated carbocycles. The Bertz CT molecular complexity index is 1190. The maximum absolute atomic E-state index is 13.4. The van der Waals surface area contributed by atoms with E-state index in [9.17, 15) is 9.18 Å². The number of nitrogens with zero attached hydrogens (tertiary/aromatic N) is 2. The van der Waals surface area contributed by atoms with E-state index in [2.05, 4.69) is 25.9 Å². The lowest BCUT2D eigenvalue weighted by Crippen LogP contribution is -2.19. The highest BCUT2D eigenvalue weighted by molar-refractivity contribution is 6.31. The lowest BCUT2D eigenvalue weighted by Gasteiger charge is -2.11. The first-order chi connectivity index (χ1) is 14.1. The standard InChI is InChI=1S/C21H15ClFN5O/c22-17-10-14(7-9-18(17)23)26-20-16-8-6-15(11-19(16)24-12-25-20)28-21(29)27-13-4-2-1-3-5-13/h1-12H,(H,24,25,26)(H2,27,28,29). The number of urea groups is 1. The minimum Gasteiger partial charge on any atom is -0.340 e. The highest BCUT2D eigenvalue weighted by Gasteiger charge is 2.08. The van der Waals surface area contributed by atoms with Crippen LogP contribution in [0, 0.1) is 5.82 Å². The zero-order valence-electron chi connectivity index (χ0n) is 15.0. The highest BCUT2D eigenvalue weighted by Crippen LogP contribution is 2.27. The Kier molecular flexibility index (Phi) is 5.22. The minimum atomic E-state index is -0.491. The number of carbonyl (C=O) groups is 1. The van der Waals surface area contributed by atoms with E-state index in [0.717, 1.165) is 5.39 Å². The summed E-state index contributed by atoms with van der Waals surface area (Å²) in [4.78, 5) is 20.7. The molecular weight excluding hydrogens is 393 g/mol. The molecule has 0 radical (unpaired) electrons. The van der Waals surface area contributed by atoms with Crippen molar-refractivity contribution < 1.29 is 9.18 Å². The van der Waals surface area contributed by atoms with Gasteiger partial charge in [0.05, 0.1) is 10.5 Å². The Morgan fingerprint density at radius 2 is 1.62 bits per heavy atom. The zero-order valence-corrected chi connectivity index (χ0v) is 15.7. The summed E-state index contributed by atoms with van der Waals surface area (Å²) >= 11 is 5.83. The molecular formula is C21H15ClFN5O. The molecule has 6 nitrogen and oxygen atoms in total. The highest BCUT2D eigenvalue weighted by atomic mass is 35.5. The number of aromatic nitrogens is 2. The molecule has 1 heterocycles. The predicted molar refractivity (Wildman–Crippen MR) is 113 cm³/mol. The molecule has 29 heavy (non-hydrogen) atoms. The fraction of sp³-hybridized carbons (Fsp3) is 0. The van der Waals surface area contributed by atoms with E-state index in [1.54, 1.807) is 36.4 Å². The molecule has 0 spiro atoms. The van der Waals surface area contributed by atoms with Crippen LogP contribution in [0.15, 0.2) is 73.1 Å². The SMILES string of the molecule is O=C(Nc1ccccc1)Nc1ccc2c(Nc3ccc(F)c(Cl)c3)ncnc2c1. The molecule has 0 atom stereocenters. The van der Waals surface area contributed by atoms with Gasteiger partial charge < -0.3 is 16.0 Å².